The van der Waals surface area contributed by atoms with Gasteiger partial charge in [0, 0.05) is 5.39 Å². The average molecular weight is 397 g/mol. The number of aromatic nitrogens is 1. The lowest BCUT2D eigenvalue weighted by molar-refractivity contribution is 0.00578. The number of hydrogen-bond donors (Lipinski definition) is 0. The van der Waals surface area contributed by atoms with Gasteiger partial charge in [-0.05, 0) is 58.9 Å². The molecule has 3 aromatic rings. The number of para-hydroxylation sites is 1. The topological polar surface area (TPSA) is 57.5 Å². The van der Waals surface area contributed by atoms with E-state index in [2.05, 4.69) is 0 Å². The van der Waals surface area contributed by atoms with Gasteiger partial charge in [0.15, 0.2) is 0 Å². The van der Waals surface area contributed by atoms with Crippen molar-refractivity contribution in [1.82, 2.24) is 3.97 Å². The van der Waals surface area contributed by atoms with Crippen LogP contribution in [0.5, 0.6) is 0 Å². The van der Waals surface area contributed by atoms with E-state index in [1.165, 1.54) is 3.97 Å². The van der Waals surface area contributed by atoms with Crippen molar-refractivity contribution in [1.29, 1.82) is 0 Å². The SMILES string of the molecule is Cc1ccc(S(=O)(=O)n2c(B3OC(C)(C)C(C)(C)O3)cc3ccccc32)cc1. The highest BCUT2D eigenvalue weighted by Crippen LogP contribution is 2.37. The first-order valence-corrected chi connectivity index (χ1v) is 10.8. The molecule has 1 fully saturated rings. The smallest absolute Gasteiger partial charge is 0.398 e. The Morgan fingerprint density at radius 1 is 0.893 bits per heavy atom. The first kappa shape index (κ1) is 19.2. The summed E-state index contributed by atoms with van der Waals surface area (Å²) in [7, 11) is -4.60. The standard InChI is InChI=1S/C21H24BNO4S/c1-15-10-12-17(13-11-15)28(24,25)23-18-9-7-6-8-16(18)14-19(23)22-26-20(2,3)21(4,5)27-22/h6-14H,1-5H3. The van der Waals surface area contributed by atoms with E-state index in [1.54, 1.807) is 30.3 Å². The molecule has 1 aliphatic rings. The Balaban J connectivity index is 1.94. The molecule has 7 heteroatoms. The maximum absolute atomic E-state index is 13.6. The molecule has 0 bridgehead atoms. The van der Waals surface area contributed by atoms with Gasteiger partial charge in [-0.1, -0.05) is 35.9 Å². The van der Waals surface area contributed by atoms with E-state index in [0.29, 0.717) is 11.1 Å². The summed E-state index contributed by atoms with van der Waals surface area (Å²) in [6.45, 7) is 9.74. The Labute approximate surface area is 166 Å². The molecule has 2 heterocycles. The summed E-state index contributed by atoms with van der Waals surface area (Å²) in [5, 5.41) is 0.822. The Kier molecular flexibility index (Phi) is 4.27. The van der Waals surface area contributed by atoms with Gasteiger partial charge in [-0.3, -0.25) is 0 Å². The molecular weight excluding hydrogens is 373 g/mol. The van der Waals surface area contributed by atoms with Crippen molar-refractivity contribution in [3.05, 3.63) is 60.2 Å². The van der Waals surface area contributed by atoms with Crippen LogP contribution in [0.2, 0.25) is 0 Å². The highest BCUT2D eigenvalue weighted by Gasteiger charge is 2.53. The zero-order chi connectivity index (χ0) is 20.3. The van der Waals surface area contributed by atoms with E-state index < -0.39 is 28.3 Å². The van der Waals surface area contributed by atoms with Crippen molar-refractivity contribution in [2.75, 3.05) is 0 Å². The molecule has 0 radical (unpaired) electrons. The molecule has 4 rings (SSSR count). The van der Waals surface area contributed by atoms with Gasteiger partial charge in [0.25, 0.3) is 10.0 Å². The molecule has 2 aromatic carbocycles. The van der Waals surface area contributed by atoms with Crippen LogP contribution in [0.1, 0.15) is 33.3 Å². The van der Waals surface area contributed by atoms with Crippen molar-refractivity contribution in [2.45, 2.75) is 50.7 Å². The maximum Gasteiger partial charge on any atom is 0.513 e. The monoisotopic (exact) mass is 397 g/mol. The van der Waals surface area contributed by atoms with Crippen molar-refractivity contribution in [3.8, 4) is 0 Å². The lowest BCUT2D eigenvalue weighted by atomic mass is 9.85. The number of rotatable bonds is 3. The molecule has 0 atom stereocenters. The second-order valence-electron chi connectivity index (χ2n) is 8.30. The molecule has 0 N–H and O–H groups in total. The van der Waals surface area contributed by atoms with Crippen LogP contribution in [0.3, 0.4) is 0 Å². The molecule has 0 aliphatic carbocycles. The Bertz CT molecular complexity index is 1130. The summed E-state index contributed by atoms with van der Waals surface area (Å²) in [4.78, 5) is 0.234. The third-order valence-corrected chi connectivity index (χ3v) is 7.50. The van der Waals surface area contributed by atoms with Crippen molar-refractivity contribution in [2.24, 2.45) is 0 Å². The van der Waals surface area contributed by atoms with E-state index in [-0.39, 0.29) is 4.90 Å². The van der Waals surface area contributed by atoms with E-state index in [1.807, 2.05) is 58.9 Å². The van der Waals surface area contributed by atoms with Crippen molar-refractivity contribution >= 4 is 33.6 Å². The number of nitrogens with zero attached hydrogens (tertiary/aromatic N) is 1. The van der Waals surface area contributed by atoms with Gasteiger partial charge < -0.3 is 9.31 Å². The highest BCUT2D eigenvalue weighted by molar-refractivity contribution is 7.90. The molecule has 1 aliphatic heterocycles. The van der Waals surface area contributed by atoms with Crippen LogP contribution in [0.15, 0.2) is 59.5 Å². The fraction of sp³-hybridized carbons (Fsp3) is 0.333. The van der Waals surface area contributed by atoms with E-state index >= 15 is 0 Å². The molecule has 0 saturated carbocycles. The summed E-state index contributed by atoms with van der Waals surface area (Å²) >= 11 is 0. The number of fused-ring (bicyclic) bond motifs is 1. The Morgan fingerprint density at radius 3 is 2.07 bits per heavy atom. The molecule has 1 aromatic heterocycles. The molecule has 0 amide bonds. The van der Waals surface area contributed by atoms with Crippen LogP contribution in [0.25, 0.3) is 10.9 Å². The minimum absolute atomic E-state index is 0.234. The number of benzene rings is 2. The third kappa shape index (κ3) is 2.89. The normalized spacial score (nSPS) is 18.7. The summed E-state index contributed by atoms with van der Waals surface area (Å²) < 4.78 is 40.8. The summed E-state index contributed by atoms with van der Waals surface area (Å²) in [5.41, 5.74) is 0.954. The quantitative estimate of drug-likeness (QED) is 0.635. The summed E-state index contributed by atoms with van der Waals surface area (Å²) in [5.74, 6) is 0. The summed E-state index contributed by atoms with van der Waals surface area (Å²) in [6, 6.07) is 16.1. The zero-order valence-corrected chi connectivity index (χ0v) is 17.6. The molecule has 0 unspecified atom stereocenters. The van der Waals surface area contributed by atoms with Gasteiger partial charge in [0.2, 0.25) is 0 Å². The molecule has 0 spiro atoms. The van der Waals surface area contributed by atoms with E-state index in [9.17, 15) is 8.42 Å². The highest BCUT2D eigenvalue weighted by atomic mass is 32.2. The fourth-order valence-electron chi connectivity index (χ4n) is 3.36. The van der Waals surface area contributed by atoms with Crippen molar-refractivity contribution < 1.29 is 17.7 Å². The largest absolute Gasteiger partial charge is 0.513 e. The van der Waals surface area contributed by atoms with Crippen LogP contribution in [0.4, 0.5) is 0 Å². The number of aryl methyl sites for hydroxylation is 1. The van der Waals surface area contributed by atoms with Gasteiger partial charge in [-0.15, -0.1) is 0 Å². The minimum atomic E-state index is -3.82. The molecule has 1 saturated heterocycles. The van der Waals surface area contributed by atoms with Crippen LogP contribution < -0.4 is 5.59 Å². The predicted molar refractivity (Wildman–Crippen MR) is 111 cm³/mol. The fourth-order valence-corrected chi connectivity index (χ4v) is 4.90. The van der Waals surface area contributed by atoms with E-state index in [4.69, 9.17) is 9.31 Å². The van der Waals surface area contributed by atoms with Gasteiger partial charge in [0.1, 0.15) is 0 Å². The van der Waals surface area contributed by atoms with Crippen LogP contribution >= 0.6 is 0 Å². The first-order chi connectivity index (χ1) is 13.0. The van der Waals surface area contributed by atoms with E-state index in [0.717, 1.165) is 10.9 Å². The predicted octanol–water partition coefficient (Wildman–Crippen LogP) is 3.49. The minimum Gasteiger partial charge on any atom is -0.398 e. The van der Waals surface area contributed by atoms with Crippen molar-refractivity contribution in [3.63, 3.8) is 0 Å². The van der Waals surface area contributed by atoms with Gasteiger partial charge in [-0.25, -0.2) is 12.4 Å². The zero-order valence-electron chi connectivity index (χ0n) is 16.8. The molecule has 28 heavy (non-hydrogen) atoms. The second-order valence-corrected chi connectivity index (χ2v) is 10.1. The molecule has 5 nitrogen and oxygen atoms in total. The molecular formula is C21H24BNO4S. The Morgan fingerprint density at radius 2 is 1.46 bits per heavy atom. The summed E-state index contributed by atoms with van der Waals surface area (Å²) in [6.07, 6.45) is 0. The van der Waals surface area contributed by atoms with Gasteiger partial charge >= 0.3 is 7.12 Å². The first-order valence-electron chi connectivity index (χ1n) is 9.31. The number of hydrogen-bond acceptors (Lipinski definition) is 4. The molecule has 146 valence electrons. The third-order valence-electron chi connectivity index (χ3n) is 5.75. The maximum atomic E-state index is 13.6. The Hall–Kier alpha value is -2.09. The van der Waals surface area contributed by atoms with Crippen LogP contribution in [0, 0.1) is 6.92 Å². The lowest BCUT2D eigenvalue weighted by Crippen LogP contribution is -2.41. The second kappa shape index (κ2) is 6.21. The van der Waals surface area contributed by atoms with Crippen LogP contribution in [-0.2, 0) is 19.3 Å². The van der Waals surface area contributed by atoms with Gasteiger partial charge in [0.05, 0.1) is 27.2 Å². The van der Waals surface area contributed by atoms with Crippen LogP contribution in [-0.4, -0.2) is 30.7 Å². The van der Waals surface area contributed by atoms with Gasteiger partial charge in [-0.2, -0.15) is 0 Å². The lowest BCUT2D eigenvalue weighted by Gasteiger charge is -2.32. The average Bonchev–Trinajstić information content (AvgIpc) is 3.10.